The Balaban J connectivity index is 1.88. The number of allylic oxidation sites excluding steroid dienone is 1. The van der Waals surface area contributed by atoms with Crippen LogP contribution in [-0.2, 0) is 0 Å². The quantitative estimate of drug-likeness (QED) is 0.449. The number of rotatable bonds is 4. The number of ether oxygens (including phenoxy) is 1. The first-order chi connectivity index (χ1) is 14.9. The molecule has 0 radical (unpaired) electrons. The molecule has 3 aromatic rings. The molecule has 0 aliphatic carbocycles. The van der Waals surface area contributed by atoms with Gasteiger partial charge in [0.2, 0.25) is 0 Å². The minimum Gasteiger partial charge on any atom is -0.404 e. The third-order valence-corrected chi connectivity index (χ3v) is 4.86. The fourth-order valence-electron chi connectivity index (χ4n) is 3.58. The van der Waals surface area contributed by atoms with Crippen molar-refractivity contribution >= 4 is 11.8 Å². The second kappa shape index (κ2) is 8.71. The Bertz CT molecular complexity index is 1120. The van der Waals surface area contributed by atoms with Gasteiger partial charge in [0.25, 0.3) is 0 Å². The zero-order chi connectivity index (χ0) is 21.8. The maximum atomic E-state index is 14.7. The lowest BCUT2D eigenvalue weighted by Gasteiger charge is -2.19. The lowest BCUT2D eigenvalue weighted by molar-refractivity contribution is -0.274. The van der Waals surface area contributed by atoms with E-state index in [0.29, 0.717) is 24.2 Å². The van der Waals surface area contributed by atoms with Gasteiger partial charge in [0, 0.05) is 30.1 Å². The molecule has 158 valence electrons. The maximum absolute atomic E-state index is 14.7. The predicted molar refractivity (Wildman–Crippen MR) is 111 cm³/mol. The number of hydrogen-bond acceptors (Lipinski definition) is 3. The lowest BCUT2D eigenvalue weighted by Crippen LogP contribution is -2.19. The zero-order valence-electron chi connectivity index (χ0n) is 16.4. The van der Waals surface area contributed by atoms with E-state index in [4.69, 9.17) is 0 Å². The molecule has 1 aliphatic rings. The van der Waals surface area contributed by atoms with Crippen molar-refractivity contribution in [2.75, 3.05) is 6.54 Å². The summed E-state index contributed by atoms with van der Waals surface area (Å²) in [6.07, 6.45) is 1.30. The van der Waals surface area contributed by atoms with Gasteiger partial charge in [0.15, 0.2) is 0 Å². The van der Waals surface area contributed by atoms with Gasteiger partial charge in [0.1, 0.15) is 11.6 Å². The molecule has 0 saturated carbocycles. The molecule has 0 fully saturated rings. The smallest absolute Gasteiger partial charge is 0.404 e. The van der Waals surface area contributed by atoms with Crippen molar-refractivity contribution in [2.45, 2.75) is 19.2 Å². The number of aliphatic imine (C=N–C) groups is 1. The second-order valence-electron chi connectivity index (χ2n) is 7.00. The van der Waals surface area contributed by atoms with Crippen LogP contribution in [0.2, 0.25) is 0 Å². The van der Waals surface area contributed by atoms with Gasteiger partial charge >= 0.3 is 6.36 Å². The van der Waals surface area contributed by atoms with Crippen LogP contribution in [0.4, 0.5) is 17.6 Å². The van der Waals surface area contributed by atoms with Crippen LogP contribution in [-0.4, -0.2) is 23.6 Å². The second-order valence-corrected chi connectivity index (χ2v) is 7.00. The zero-order valence-corrected chi connectivity index (χ0v) is 16.4. The molecule has 1 aromatic heterocycles. The number of benzene rings is 2. The highest BCUT2D eigenvalue weighted by atomic mass is 19.4. The largest absolute Gasteiger partial charge is 0.573 e. The standard InChI is InChI=1S/C24H18F4N2O/c25-20-11-10-18(14-17-8-5-13-30-22(17)19-9-4-12-29-15-19)23(31-24(26,27)28)21(20)16-6-2-1-3-7-16/h1-4,6-7,9-12,14-15H,5,8,13H2/b17-14+. The molecule has 31 heavy (non-hydrogen) atoms. The molecule has 1 aliphatic heterocycles. The van der Waals surface area contributed by atoms with E-state index in [2.05, 4.69) is 14.7 Å². The Morgan fingerprint density at radius 1 is 0.935 bits per heavy atom. The summed E-state index contributed by atoms with van der Waals surface area (Å²) in [5.41, 5.74) is 2.38. The third-order valence-electron chi connectivity index (χ3n) is 4.86. The number of nitrogens with zero attached hydrogens (tertiary/aromatic N) is 2. The molecule has 0 unspecified atom stereocenters. The molecule has 0 amide bonds. The molecule has 0 N–H and O–H groups in total. The van der Waals surface area contributed by atoms with Gasteiger partial charge in [-0.3, -0.25) is 9.98 Å². The van der Waals surface area contributed by atoms with Crippen LogP contribution in [0.25, 0.3) is 17.2 Å². The first-order valence-corrected chi connectivity index (χ1v) is 9.72. The normalized spacial score (nSPS) is 15.6. The molecule has 4 rings (SSSR count). The van der Waals surface area contributed by atoms with Crippen LogP contribution in [0.3, 0.4) is 0 Å². The van der Waals surface area contributed by atoms with E-state index < -0.39 is 17.9 Å². The fourth-order valence-corrected chi connectivity index (χ4v) is 3.58. The van der Waals surface area contributed by atoms with E-state index in [1.165, 1.54) is 6.07 Å². The Morgan fingerprint density at radius 3 is 2.42 bits per heavy atom. The lowest BCUT2D eigenvalue weighted by atomic mass is 9.93. The van der Waals surface area contributed by atoms with Gasteiger partial charge in [-0.15, -0.1) is 13.2 Å². The van der Waals surface area contributed by atoms with Crippen molar-refractivity contribution in [3.05, 3.63) is 89.5 Å². The SMILES string of the molecule is Fc1ccc(/C=C2\CCCN=C2c2cccnc2)c(OC(F)(F)F)c1-c1ccccc1. The van der Waals surface area contributed by atoms with Crippen LogP contribution < -0.4 is 4.74 Å². The molecular formula is C24H18F4N2O. The topological polar surface area (TPSA) is 34.5 Å². The average Bonchev–Trinajstić information content (AvgIpc) is 2.76. The molecular weight excluding hydrogens is 408 g/mol. The van der Waals surface area contributed by atoms with Crippen molar-refractivity contribution in [1.29, 1.82) is 0 Å². The number of alkyl halides is 3. The third kappa shape index (κ3) is 4.82. The molecule has 0 atom stereocenters. The van der Waals surface area contributed by atoms with E-state index in [1.54, 1.807) is 54.9 Å². The summed E-state index contributed by atoms with van der Waals surface area (Å²) >= 11 is 0. The predicted octanol–water partition coefficient (Wildman–Crippen LogP) is 6.45. The van der Waals surface area contributed by atoms with E-state index in [1.807, 2.05) is 6.07 Å². The first kappa shape index (κ1) is 20.8. The Kier molecular flexibility index (Phi) is 5.84. The van der Waals surface area contributed by atoms with Gasteiger partial charge < -0.3 is 4.74 Å². The fraction of sp³-hybridized carbons (Fsp3) is 0.167. The first-order valence-electron chi connectivity index (χ1n) is 9.72. The van der Waals surface area contributed by atoms with Crippen LogP contribution in [0.5, 0.6) is 5.75 Å². The van der Waals surface area contributed by atoms with Gasteiger partial charge in [-0.1, -0.05) is 30.3 Å². The Morgan fingerprint density at radius 2 is 1.71 bits per heavy atom. The van der Waals surface area contributed by atoms with Gasteiger partial charge in [-0.2, -0.15) is 0 Å². The molecule has 7 heteroatoms. The van der Waals surface area contributed by atoms with Gasteiger partial charge in [-0.05, 0) is 54.3 Å². The molecule has 2 heterocycles. The molecule has 0 spiro atoms. The monoisotopic (exact) mass is 426 g/mol. The highest BCUT2D eigenvalue weighted by Gasteiger charge is 2.34. The van der Waals surface area contributed by atoms with Gasteiger partial charge in [0.05, 0.1) is 11.3 Å². The summed E-state index contributed by atoms with van der Waals surface area (Å²) in [5, 5.41) is 0. The molecule has 0 bridgehead atoms. The van der Waals surface area contributed by atoms with Crippen LogP contribution >= 0.6 is 0 Å². The number of hydrogen-bond donors (Lipinski definition) is 0. The van der Waals surface area contributed by atoms with Gasteiger partial charge in [-0.25, -0.2) is 4.39 Å². The summed E-state index contributed by atoms with van der Waals surface area (Å²) in [7, 11) is 0. The van der Waals surface area contributed by atoms with Crippen molar-refractivity contribution < 1.29 is 22.3 Å². The molecule has 0 saturated heterocycles. The van der Waals surface area contributed by atoms with E-state index in [9.17, 15) is 17.6 Å². The molecule has 3 nitrogen and oxygen atoms in total. The van der Waals surface area contributed by atoms with E-state index in [0.717, 1.165) is 23.6 Å². The van der Waals surface area contributed by atoms with Crippen LogP contribution in [0.1, 0.15) is 24.0 Å². The van der Waals surface area contributed by atoms with E-state index in [-0.39, 0.29) is 11.1 Å². The maximum Gasteiger partial charge on any atom is 0.573 e. The highest BCUT2D eigenvalue weighted by molar-refractivity contribution is 6.15. The summed E-state index contributed by atoms with van der Waals surface area (Å²) in [6.45, 7) is 0.617. The highest BCUT2D eigenvalue weighted by Crippen LogP contribution is 2.40. The van der Waals surface area contributed by atoms with Crippen molar-refractivity contribution in [1.82, 2.24) is 4.98 Å². The van der Waals surface area contributed by atoms with Crippen LogP contribution in [0, 0.1) is 5.82 Å². The Hall–Kier alpha value is -3.48. The van der Waals surface area contributed by atoms with Crippen molar-refractivity contribution in [3.63, 3.8) is 0 Å². The average molecular weight is 426 g/mol. The Labute approximate surface area is 176 Å². The summed E-state index contributed by atoms with van der Waals surface area (Å²) in [6, 6.07) is 14.1. The number of halogens is 4. The number of aromatic nitrogens is 1. The summed E-state index contributed by atoms with van der Waals surface area (Å²) < 4.78 is 58.9. The summed E-state index contributed by atoms with van der Waals surface area (Å²) in [5.74, 6) is -1.36. The van der Waals surface area contributed by atoms with Crippen molar-refractivity contribution in [3.8, 4) is 16.9 Å². The molecule has 2 aromatic carbocycles. The minimum absolute atomic E-state index is 0.131. The minimum atomic E-state index is -4.97. The summed E-state index contributed by atoms with van der Waals surface area (Å²) in [4.78, 5) is 8.65. The number of pyridine rings is 1. The van der Waals surface area contributed by atoms with Crippen LogP contribution in [0.15, 0.2) is 77.6 Å². The van der Waals surface area contributed by atoms with E-state index >= 15 is 0 Å². The van der Waals surface area contributed by atoms with Crippen molar-refractivity contribution in [2.24, 2.45) is 4.99 Å².